The first-order valence-electron chi connectivity index (χ1n) is 10.9. The lowest BCUT2D eigenvalue weighted by atomic mass is 9.64. The quantitative estimate of drug-likeness (QED) is 0.725. The summed E-state index contributed by atoms with van der Waals surface area (Å²) in [5.74, 6) is 1.82. The number of carbonyl (C=O) groups is 1. The maximum absolute atomic E-state index is 13.1. The molecule has 4 nitrogen and oxygen atoms in total. The molecular formula is C24H37N2O2. The van der Waals surface area contributed by atoms with Gasteiger partial charge in [-0.1, -0.05) is 49.6 Å². The van der Waals surface area contributed by atoms with Gasteiger partial charge in [0.05, 0.1) is 0 Å². The minimum Gasteiger partial charge on any atom is -0.380 e. The van der Waals surface area contributed by atoms with E-state index in [2.05, 4.69) is 22.8 Å². The summed E-state index contributed by atoms with van der Waals surface area (Å²) >= 11 is 0. The second kappa shape index (κ2) is 8.54. The van der Waals surface area contributed by atoms with Crippen LogP contribution in [-0.4, -0.2) is 34.7 Å². The summed E-state index contributed by atoms with van der Waals surface area (Å²) in [4.78, 5) is 13.1. The zero-order chi connectivity index (χ0) is 20.4. The molecule has 1 aromatic rings. The van der Waals surface area contributed by atoms with Crippen LogP contribution in [0.5, 0.6) is 0 Å². The third-order valence-electron chi connectivity index (χ3n) is 6.44. The number of benzene rings is 1. The first-order valence-corrected chi connectivity index (χ1v) is 10.9. The van der Waals surface area contributed by atoms with E-state index >= 15 is 0 Å². The number of carbonyl (C=O) groups excluding carboxylic acids is 1. The lowest BCUT2D eigenvalue weighted by molar-refractivity contribution is -0.139. The monoisotopic (exact) mass is 385 g/mol. The van der Waals surface area contributed by atoms with Gasteiger partial charge < -0.3 is 15.7 Å². The van der Waals surface area contributed by atoms with Crippen LogP contribution in [0.4, 0.5) is 0 Å². The Kier molecular flexibility index (Phi) is 6.51. The number of amides is 1. The average molecular weight is 386 g/mol. The molecule has 0 aromatic heterocycles. The normalized spacial score (nSPS) is 27.7. The van der Waals surface area contributed by atoms with Gasteiger partial charge >= 0.3 is 0 Å². The molecule has 1 saturated heterocycles. The van der Waals surface area contributed by atoms with Gasteiger partial charge in [-0.05, 0) is 70.9 Å². The summed E-state index contributed by atoms with van der Waals surface area (Å²) < 4.78 is 0. The van der Waals surface area contributed by atoms with Gasteiger partial charge in [0, 0.05) is 17.5 Å². The maximum Gasteiger partial charge on any atom is 0.252 e. The van der Waals surface area contributed by atoms with Crippen molar-refractivity contribution in [2.75, 3.05) is 6.54 Å². The number of piperidine rings is 1. The zero-order valence-corrected chi connectivity index (χ0v) is 17.9. The third kappa shape index (κ3) is 4.96. The summed E-state index contributed by atoms with van der Waals surface area (Å²) in [6.45, 7) is 8.50. The maximum atomic E-state index is 13.1. The Labute approximate surface area is 170 Å². The van der Waals surface area contributed by atoms with Gasteiger partial charge in [0.2, 0.25) is 0 Å². The Morgan fingerprint density at radius 2 is 1.79 bits per heavy atom. The molecule has 1 aliphatic heterocycles. The van der Waals surface area contributed by atoms with E-state index in [-0.39, 0.29) is 17.5 Å². The number of nitrogens with one attached hydrogen (secondary N) is 2. The summed E-state index contributed by atoms with van der Waals surface area (Å²) in [6.07, 6.45) is 6.83. The molecule has 4 heteroatoms. The van der Waals surface area contributed by atoms with Crippen LogP contribution in [-0.2, 0) is 11.2 Å². The molecule has 0 spiro atoms. The Morgan fingerprint density at radius 3 is 2.46 bits per heavy atom. The Hall–Kier alpha value is -1.39. The molecule has 1 radical (unpaired) electrons. The van der Waals surface area contributed by atoms with Crippen LogP contribution in [0.3, 0.4) is 0 Å². The smallest absolute Gasteiger partial charge is 0.252 e. The highest BCUT2D eigenvalue weighted by Gasteiger charge is 2.49. The largest absolute Gasteiger partial charge is 0.380 e. The van der Waals surface area contributed by atoms with E-state index in [1.165, 1.54) is 32.1 Å². The number of hydrogen-bond acceptors (Lipinski definition) is 3. The molecule has 3 N–H and O–H groups in total. The summed E-state index contributed by atoms with van der Waals surface area (Å²) in [5.41, 5.74) is -0.757. The summed E-state index contributed by atoms with van der Waals surface area (Å²) in [5, 5.41) is 18.2. The molecule has 1 aromatic carbocycles. The lowest BCUT2D eigenvalue weighted by Crippen LogP contribution is -2.62. The molecule has 3 rings (SSSR count). The molecule has 2 aliphatic rings. The van der Waals surface area contributed by atoms with Crippen molar-refractivity contribution in [3.8, 4) is 0 Å². The van der Waals surface area contributed by atoms with Crippen molar-refractivity contribution < 1.29 is 9.90 Å². The average Bonchev–Trinajstić information content (AvgIpc) is 2.65. The Balaban J connectivity index is 1.91. The van der Waals surface area contributed by atoms with Gasteiger partial charge in [0.1, 0.15) is 5.60 Å². The van der Waals surface area contributed by atoms with Gasteiger partial charge in [0.25, 0.3) is 5.91 Å². The first-order chi connectivity index (χ1) is 13.2. The first kappa shape index (κ1) is 21.3. The fraction of sp³-hybridized carbons (Fsp3) is 0.667. The van der Waals surface area contributed by atoms with Crippen LogP contribution in [0.1, 0.15) is 65.4 Å². The van der Waals surface area contributed by atoms with Crippen molar-refractivity contribution in [1.82, 2.24) is 10.6 Å². The molecular weight excluding hydrogens is 348 g/mol. The van der Waals surface area contributed by atoms with E-state index in [0.717, 1.165) is 18.0 Å². The van der Waals surface area contributed by atoms with Crippen molar-refractivity contribution in [3.63, 3.8) is 0 Å². The highest BCUT2D eigenvalue weighted by atomic mass is 16.3. The summed E-state index contributed by atoms with van der Waals surface area (Å²) in [7, 11) is 0. The van der Waals surface area contributed by atoms with Crippen molar-refractivity contribution >= 4 is 5.91 Å². The van der Waals surface area contributed by atoms with Gasteiger partial charge in [-0.3, -0.25) is 4.79 Å². The van der Waals surface area contributed by atoms with E-state index in [1.54, 1.807) is 6.92 Å². The molecule has 0 bridgehead atoms. The fourth-order valence-corrected chi connectivity index (χ4v) is 5.00. The molecule has 1 aliphatic carbocycles. The van der Waals surface area contributed by atoms with Crippen molar-refractivity contribution in [1.29, 1.82) is 0 Å². The van der Waals surface area contributed by atoms with E-state index in [4.69, 9.17) is 0 Å². The predicted octanol–water partition coefficient (Wildman–Crippen LogP) is 3.64. The fourth-order valence-electron chi connectivity index (χ4n) is 5.00. The number of aliphatic hydroxyl groups is 1. The van der Waals surface area contributed by atoms with Gasteiger partial charge in [-0.25, -0.2) is 0 Å². The van der Waals surface area contributed by atoms with Crippen LogP contribution in [0.25, 0.3) is 0 Å². The number of fused-ring (bicyclic) bond motifs is 1. The molecule has 4 unspecified atom stereocenters. The lowest BCUT2D eigenvalue weighted by Gasteiger charge is -2.48. The third-order valence-corrected chi connectivity index (χ3v) is 6.44. The highest BCUT2D eigenvalue weighted by Crippen LogP contribution is 2.43. The minimum absolute atomic E-state index is 0.0833. The minimum atomic E-state index is -1.51. The number of hydrogen-bond donors (Lipinski definition) is 3. The van der Waals surface area contributed by atoms with Crippen LogP contribution in [0.15, 0.2) is 30.3 Å². The van der Waals surface area contributed by atoms with Gasteiger partial charge in [-0.2, -0.15) is 0 Å². The van der Waals surface area contributed by atoms with Crippen LogP contribution >= 0.6 is 0 Å². The topological polar surface area (TPSA) is 61.4 Å². The Bertz CT molecular complexity index is 648. The van der Waals surface area contributed by atoms with E-state index in [1.807, 2.05) is 39.0 Å². The molecule has 2 fully saturated rings. The summed E-state index contributed by atoms with van der Waals surface area (Å²) in [6, 6.07) is 10.3. The van der Waals surface area contributed by atoms with Crippen molar-refractivity contribution in [2.24, 2.45) is 11.8 Å². The molecule has 4 atom stereocenters. The van der Waals surface area contributed by atoms with Crippen LogP contribution < -0.4 is 10.6 Å². The van der Waals surface area contributed by atoms with Crippen molar-refractivity contribution in [3.05, 3.63) is 41.8 Å². The second-order valence-corrected chi connectivity index (χ2v) is 9.89. The molecule has 1 amide bonds. The van der Waals surface area contributed by atoms with E-state index in [9.17, 15) is 9.90 Å². The highest BCUT2D eigenvalue weighted by molar-refractivity contribution is 5.88. The molecule has 155 valence electrons. The van der Waals surface area contributed by atoms with Gasteiger partial charge in [-0.15, -0.1) is 0 Å². The SMILES string of the molecule is CC(C)(C)NC(=O)C(C)(O)[C](Cc1ccccc1)C1NCCC2CCCCC21. The van der Waals surface area contributed by atoms with Gasteiger partial charge in [0.15, 0.2) is 0 Å². The second-order valence-electron chi connectivity index (χ2n) is 9.89. The van der Waals surface area contributed by atoms with E-state index in [0.29, 0.717) is 18.3 Å². The molecule has 1 heterocycles. The predicted molar refractivity (Wildman–Crippen MR) is 114 cm³/mol. The zero-order valence-electron chi connectivity index (χ0n) is 17.9. The van der Waals surface area contributed by atoms with E-state index < -0.39 is 5.60 Å². The standard InChI is InChI=1S/C24H37N2O2/c1-23(2,3)26-22(27)24(4,28)20(16-17-10-6-5-7-11-17)21-19-13-9-8-12-18(19)14-15-25-21/h5-7,10-11,18-19,21,25,28H,8-9,12-16H2,1-4H3,(H,26,27). The Morgan fingerprint density at radius 1 is 1.11 bits per heavy atom. The van der Waals surface area contributed by atoms with Crippen molar-refractivity contribution in [2.45, 2.75) is 83.4 Å². The molecule has 1 saturated carbocycles. The molecule has 28 heavy (non-hydrogen) atoms. The van der Waals surface area contributed by atoms with Crippen LogP contribution in [0.2, 0.25) is 0 Å². The number of rotatable bonds is 5. The van der Waals surface area contributed by atoms with Crippen LogP contribution in [0, 0.1) is 17.8 Å².